The summed E-state index contributed by atoms with van der Waals surface area (Å²) in [4.78, 5) is 30.1. The molecule has 2 atom stereocenters. The summed E-state index contributed by atoms with van der Waals surface area (Å²) in [5.41, 5.74) is 3.40. The molecule has 6 heteroatoms. The Kier molecular flexibility index (Phi) is 7.88. The van der Waals surface area contributed by atoms with Crippen molar-refractivity contribution in [3.8, 4) is 5.75 Å². The average Bonchev–Trinajstić information content (AvgIpc) is 2.86. The Hall–Kier alpha value is -2.86. The normalized spacial score (nSPS) is 19.0. The zero-order valence-electron chi connectivity index (χ0n) is 20.5. The van der Waals surface area contributed by atoms with Crippen LogP contribution in [0.5, 0.6) is 5.75 Å². The highest BCUT2D eigenvalue weighted by Crippen LogP contribution is 2.38. The van der Waals surface area contributed by atoms with Gasteiger partial charge in [0.15, 0.2) is 6.10 Å². The van der Waals surface area contributed by atoms with E-state index in [2.05, 4.69) is 32.0 Å². The molecular weight excluding hydrogens is 428 g/mol. The van der Waals surface area contributed by atoms with Crippen LogP contribution < -0.4 is 4.74 Å². The van der Waals surface area contributed by atoms with Gasteiger partial charge < -0.3 is 19.3 Å². The maximum Gasteiger partial charge on any atom is 0.263 e. The molecular formula is C28H36N2O4. The van der Waals surface area contributed by atoms with Gasteiger partial charge in [-0.2, -0.15) is 0 Å². The van der Waals surface area contributed by atoms with Crippen LogP contribution >= 0.6 is 0 Å². The molecule has 2 heterocycles. The van der Waals surface area contributed by atoms with Crippen LogP contribution in [0.3, 0.4) is 0 Å². The fourth-order valence-electron chi connectivity index (χ4n) is 4.86. The van der Waals surface area contributed by atoms with E-state index in [9.17, 15) is 9.59 Å². The van der Waals surface area contributed by atoms with Crippen molar-refractivity contribution < 1.29 is 19.1 Å². The van der Waals surface area contributed by atoms with Gasteiger partial charge in [-0.05, 0) is 47.6 Å². The molecule has 0 bridgehead atoms. The highest BCUT2D eigenvalue weighted by Gasteiger charge is 2.33. The standard InChI is InChI=1S/C28H36N2O4/c1-4-25(28(32)29-14-16-33-17-15-29)34-23-11-10-21-12-13-30(26(31)18-20(2)3)27(24(21)19-23)22-8-6-5-7-9-22/h5-11,19-20,25,27H,4,12-18H2,1-3H3. The van der Waals surface area contributed by atoms with Crippen molar-refractivity contribution in [3.63, 3.8) is 0 Å². The summed E-state index contributed by atoms with van der Waals surface area (Å²) >= 11 is 0. The van der Waals surface area contributed by atoms with Crippen molar-refractivity contribution in [2.75, 3.05) is 32.8 Å². The van der Waals surface area contributed by atoms with Crippen molar-refractivity contribution in [3.05, 3.63) is 65.2 Å². The van der Waals surface area contributed by atoms with Gasteiger partial charge in [-0.1, -0.05) is 57.2 Å². The first-order valence-electron chi connectivity index (χ1n) is 12.5. The second-order valence-electron chi connectivity index (χ2n) is 9.56. The quantitative estimate of drug-likeness (QED) is 0.616. The molecule has 1 fully saturated rings. The third kappa shape index (κ3) is 5.44. The minimum atomic E-state index is -0.534. The molecule has 1 saturated heterocycles. The molecule has 2 unspecified atom stereocenters. The number of nitrogens with zero attached hydrogens (tertiary/aromatic N) is 2. The van der Waals surface area contributed by atoms with E-state index in [0.29, 0.717) is 57.4 Å². The summed E-state index contributed by atoms with van der Waals surface area (Å²) in [5.74, 6) is 1.16. The van der Waals surface area contributed by atoms with E-state index in [1.165, 1.54) is 5.56 Å². The van der Waals surface area contributed by atoms with E-state index in [4.69, 9.17) is 9.47 Å². The van der Waals surface area contributed by atoms with E-state index >= 15 is 0 Å². The SMILES string of the molecule is CCC(Oc1ccc2c(c1)C(c1ccccc1)N(C(=O)CC(C)C)CC2)C(=O)N1CCOCC1. The number of hydrogen-bond donors (Lipinski definition) is 0. The Balaban J connectivity index is 1.63. The Bertz CT molecular complexity index is 985. The molecule has 2 aromatic carbocycles. The lowest BCUT2D eigenvalue weighted by Crippen LogP contribution is -2.47. The fourth-order valence-corrected chi connectivity index (χ4v) is 4.86. The van der Waals surface area contributed by atoms with Crippen LogP contribution in [0.2, 0.25) is 0 Å². The Morgan fingerprint density at radius 3 is 2.47 bits per heavy atom. The van der Waals surface area contributed by atoms with E-state index in [-0.39, 0.29) is 17.9 Å². The summed E-state index contributed by atoms with van der Waals surface area (Å²) in [6.07, 6.45) is 1.40. The minimum absolute atomic E-state index is 0.0110. The van der Waals surface area contributed by atoms with Gasteiger partial charge in [0.25, 0.3) is 5.91 Å². The molecule has 0 saturated carbocycles. The zero-order chi connectivity index (χ0) is 24.1. The molecule has 0 spiro atoms. The number of morpholine rings is 1. The smallest absolute Gasteiger partial charge is 0.263 e. The summed E-state index contributed by atoms with van der Waals surface area (Å²) in [6.45, 7) is 9.18. The molecule has 0 aliphatic carbocycles. The lowest BCUT2D eigenvalue weighted by Gasteiger charge is -2.38. The lowest BCUT2D eigenvalue weighted by molar-refractivity contribution is -0.143. The third-order valence-electron chi connectivity index (χ3n) is 6.61. The summed E-state index contributed by atoms with van der Waals surface area (Å²) in [5, 5.41) is 0. The van der Waals surface area contributed by atoms with Gasteiger partial charge in [0.1, 0.15) is 5.75 Å². The van der Waals surface area contributed by atoms with Gasteiger partial charge in [0.2, 0.25) is 5.91 Å². The van der Waals surface area contributed by atoms with E-state index < -0.39 is 6.10 Å². The number of hydrogen-bond acceptors (Lipinski definition) is 4. The van der Waals surface area contributed by atoms with E-state index in [0.717, 1.165) is 17.5 Å². The molecule has 2 aliphatic rings. The number of amides is 2. The Labute approximate surface area is 202 Å². The van der Waals surface area contributed by atoms with Crippen LogP contribution in [0.1, 0.15) is 56.3 Å². The van der Waals surface area contributed by atoms with Crippen LogP contribution in [0.25, 0.3) is 0 Å². The van der Waals surface area contributed by atoms with Gasteiger partial charge in [0, 0.05) is 26.1 Å². The first-order valence-corrected chi connectivity index (χ1v) is 12.5. The molecule has 2 aliphatic heterocycles. The van der Waals surface area contributed by atoms with Crippen LogP contribution in [0, 0.1) is 5.92 Å². The molecule has 0 radical (unpaired) electrons. The summed E-state index contributed by atoms with van der Waals surface area (Å²) in [7, 11) is 0. The van der Waals surface area contributed by atoms with Crippen LogP contribution in [0.4, 0.5) is 0 Å². The largest absolute Gasteiger partial charge is 0.481 e. The topological polar surface area (TPSA) is 59.1 Å². The maximum absolute atomic E-state index is 13.2. The molecule has 2 aromatic rings. The number of rotatable bonds is 7. The number of carbonyl (C=O) groups excluding carboxylic acids is 2. The highest BCUT2D eigenvalue weighted by molar-refractivity contribution is 5.81. The van der Waals surface area contributed by atoms with Crippen molar-refractivity contribution in [1.29, 1.82) is 0 Å². The first kappa shape index (κ1) is 24.3. The van der Waals surface area contributed by atoms with Crippen molar-refractivity contribution in [2.45, 2.75) is 52.2 Å². The van der Waals surface area contributed by atoms with Crippen molar-refractivity contribution >= 4 is 11.8 Å². The van der Waals surface area contributed by atoms with Gasteiger partial charge in [0.05, 0.1) is 19.3 Å². The molecule has 0 N–H and O–H groups in total. The molecule has 182 valence electrons. The average molecular weight is 465 g/mol. The lowest BCUT2D eigenvalue weighted by atomic mass is 9.87. The number of ether oxygens (including phenoxy) is 2. The van der Waals surface area contributed by atoms with Crippen LogP contribution in [0.15, 0.2) is 48.5 Å². The summed E-state index contributed by atoms with van der Waals surface area (Å²) in [6, 6.07) is 16.1. The third-order valence-corrected chi connectivity index (χ3v) is 6.61. The van der Waals surface area contributed by atoms with Gasteiger partial charge in [-0.25, -0.2) is 0 Å². The fraction of sp³-hybridized carbons (Fsp3) is 0.500. The Morgan fingerprint density at radius 1 is 1.06 bits per heavy atom. The Morgan fingerprint density at radius 2 is 1.79 bits per heavy atom. The second kappa shape index (κ2) is 11.0. The zero-order valence-corrected chi connectivity index (χ0v) is 20.5. The summed E-state index contributed by atoms with van der Waals surface area (Å²) < 4.78 is 11.6. The van der Waals surface area contributed by atoms with Crippen molar-refractivity contribution in [2.24, 2.45) is 5.92 Å². The first-order chi connectivity index (χ1) is 16.5. The number of carbonyl (C=O) groups is 2. The molecule has 34 heavy (non-hydrogen) atoms. The predicted octanol–water partition coefficient (Wildman–Crippen LogP) is 4.22. The molecule has 6 nitrogen and oxygen atoms in total. The predicted molar refractivity (Wildman–Crippen MR) is 132 cm³/mol. The van der Waals surface area contributed by atoms with E-state index in [1.807, 2.05) is 47.1 Å². The van der Waals surface area contributed by atoms with Crippen LogP contribution in [-0.4, -0.2) is 60.6 Å². The second-order valence-corrected chi connectivity index (χ2v) is 9.56. The van der Waals surface area contributed by atoms with Gasteiger partial charge in [-0.15, -0.1) is 0 Å². The molecule has 2 amide bonds. The van der Waals surface area contributed by atoms with E-state index in [1.54, 1.807) is 0 Å². The highest BCUT2D eigenvalue weighted by atomic mass is 16.5. The molecule has 0 aromatic heterocycles. The minimum Gasteiger partial charge on any atom is -0.481 e. The number of fused-ring (bicyclic) bond motifs is 1. The molecule has 4 rings (SSSR count). The van der Waals surface area contributed by atoms with Crippen LogP contribution in [-0.2, 0) is 20.7 Å². The monoisotopic (exact) mass is 464 g/mol. The van der Waals surface area contributed by atoms with Crippen molar-refractivity contribution in [1.82, 2.24) is 9.80 Å². The van der Waals surface area contributed by atoms with Gasteiger partial charge >= 0.3 is 0 Å². The maximum atomic E-state index is 13.2. The number of benzene rings is 2. The van der Waals surface area contributed by atoms with Gasteiger partial charge in [-0.3, -0.25) is 9.59 Å².